The van der Waals surface area contributed by atoms with Crippen molar-refractivity contribution < 1.29 is 23.9 Å². The van der Waals surface area contributed by atoms with Gasteiger partial charge in [-0.1, -0.05) is 24.1 Å². The highest BCUT2D eigenvalue weighted by Gasteiger charge is 2.54. The van der Waals surface area contributed by atoms with Crippen LogP contribution in [0.5, 0.6) is 0 Å². The normalized spacial score (nSPS) is 25.1. The molecule has 1 spiro atoms. The topological polar surface area (TPSA) is 76.2 Å². The number of rotatable bonds is 4. The number of ether oxygens (including phenoxy) is 2. The molecule has 0 N–H and O–H groups in total. The Kier molecular flexibility index (Phi) is 7.05. The number of piperidine rings is 1. The van der Waals surface area contributed by atoms with Gasteiger partial charge in [0, 0.05) is 23.7 Å². The molecular weight excluding hydrogens is 432 g/mol. The third-order valence-corrected chi connectivity index (χ3v) is 7.06. The number of benzene rings is 1. The molecule has 7 nitrogen and oxygen atoms in total. The first-order valence-corrected chi connectivity index (χ1v) is 12.0. The molecule has 2 unspecified atom stereocenters. The Morgan fingerprint density at radius 2 is 1.97 bits per heavy atom. The fourth-order valence-corrected chi connectivity index (χ4v) is 5.45. The fourth-order valence-electron chi connectivity index (χ4n) is 5.26. The minimum atomic E-state index is -0.756. The van der Waals surface area contributed by atoms with Crippen molar-refractivity contribution in [1.82, 2.24) is 9.80 Å². The number of halogens is 1. The van der Waals surface area contributed by atoms with Crippen LogP contribution in [0.3, 0.4) is 0 Å². The van der Waals surface area contributed by atoms with Gasteiger partial charge in [0.1, 0.15) is 11.8 Å². The Bertz CT molecular complexity index is 870. The lowest BCUT2D eigenvalue weighted by Crippen LogP contribution is -2.58. The summed E-state index contributed by atoms with van der Waals surface area (Å²) in [6.45, 7) is 3.16. The van der Waals surface area contributed by atoms with Crippen LogP contribution >= 0.6 is 11.6 Å². The summed E-state index contributed by atoms with van der Waals surface area (Å²) in [4.78, 5) is 42.9. The van der Waals surface area contributed by atoms with Gasteiger partial charge in [0.05, 0.1) is 19.1 Å². The fraction of sp³-hybridized carbons (Fsp3) is 0.625. The van der Waals surface area contributed by atoms with Crippen molar-refractivity contribution in [2.45, 2.75) is 63.6 Å². The lowest BCUT2D eigenvalue weighted by Gasteiger charge is -2.42. The maximum absolute atomic E-state index is 13.7. The standard InChI is InChI=1S/C24H31ClN2O5/c1-2-31-23(30)18-9-7-13-26(15-18)22(29)20-16-32-24(11-4-3-5-12-24)27(20)21(28)17-8-6-10-19(25)14-17/h6,8,10,14,18,20H,2-5,7,9,11-13,15-16H2,1H3. The molecule has 0 bridgehead atoms. The lowest BCUT2D eigenvalue weighted by atomic mass is 9.89. The number of carbonyl (C=O) groups is 3. The molecule has 2 atom stereocenters. The molecule has 3 aliphatic rings. The summed E-state index contributed by atoms with van der Waals surface area (Å²) in [5.74, 6) is -0.972. The van der Waals surface area contributed by atoms with Crippen molar-refractivity contribution in [3.05, 3.63) is 34.9 Å². The van der Waals surface area contributed by atoms with E-state index in [-0.39, 0.29) is 30.3 Å². The van der Waals surface area contributed by atoms with Gasteiger partial charge in [-0.15, -0.1) is 0 Å². The molecule has 1 aromatic rings. The smallest absolute Gasteiger partial charge is 0.310 e. The summed E-state index contributed by atoms with van der Waals surface area (Å²) in [6.07, 6.45) is 5.87. The predicted octanol–water partition coefficient (Wildman–Crippen LogP) is 3.64. The summed E-state index contributed by atoms with van der Waals surface area (Å²) in [6, 6.07) is 6.12. The number of amides is 2. The first-order valence-electron chi connectivity index (χ1n) is 11.6. The van der Waals surface area contributed by atoms with E-state index in [1.807, 2.05) is 0 Å². The minimum absolute atomic E-state index is 0.156. The number of likely N-dealkylation sites (tertiary alicyclic amines) is 1. The van der Waals surface area contributed by atoms with Gasteiger partial charge in [0.15, 0.2) is 0 Å². The molecule has 2 aliphatic heterocycles. The van der Waals surface area contributed by atoms with Gasteiger partial charge in [-0.3, -0.25) is 19.3 Å². The molecule has 0 radical (unpaired) electrons. The third-order valence-electron chi connectivity index (χ3n) is 6.82. The summed E-state index contributed by atoms with van der Waals surface area (Å²) in [5, 5.41) is 0.477. The van der Waals surface area contributed by atoms with Gasteiger partial charge in [0.2, 0.25) is 5.91 Å². The second-order valence-electron chi connectivity index (χ2n) is 8.89. The van der Waals surface area contributed by atoms with Crippen LogP contribution in [0.4, 0.5) is 0 Å². The number of nitrogens with zero attached hydrogens (tertiary/aromatic N) is 2. The van der Waals surface area contributed by atoms with Crippen molar-refractivity contribution in [3.8, 4) is 0 Å². The molecule has 32 heavy (non-hydrogen) atoms. The molecule has 2 heterocycles. The van der Waals surface area contributed by atoms with E-state index in [0.717, 1.165) is 25.7 Å². The zero-order chi connectivity index (χ0) is 22.7. The van der Waals surface area contributed by atoms with E-state index in [0.29, 0.717) is 49.5 Å². The van der Waals surface area contributed by atoms with E-state index in [1.165, 1.54) is 0 Å². The molecule has 174 valence electrons. The monoisotopic (exact) mass is 462 g/mol. The van der Waals surface area contributed by atoms with Crippen LogP contribution in [0, 0.1) is 5.92 Å². The lowest BCUT2D eigenvalue weighted by molar-refractivity contribution is -0.152. The van der Waals surface area contributed by atoms with E-state index in [1.54, 1.807) is 41.0 Å². The molecule has 3 fully saturated rings. The third kappa shape index (κ3) is 4.50. The average Bonchev–Trinajstić information content (AvgIpc) is 3.16. The molecular formula is C24H31ClN2O5. The Morgan fingerprint density at radius 3 is 2.69 bits per heavy atom. The molecule has 1 aliphatic carbocycles. The molecule has 2 saturated heterocycles. The molecule has 1 saturated carbocycles. The Balaban J connectivity index is 1.59. The Morgan fingerprint density at radius 1 is 1.19 bits per heavy atom. The van der Waals surface area contributed by atoms with Gasteiger partial charge in [0.25, 0.3) is 5.91 Å². The Hall–Kier alpha value is -2.12. The molecule has 1 aromatic carbocycles. The number of hydrogen-bond acceptors (Lipinski definition) is 5. The summed E-state index contributed by atoms with van der Waals surface area (Å²) < 4.78 is 11.4. The van der Waals surface area contributed by atoms with Crippen LogP contribution < -0.4 is 0 Å². The highest BCUT2D eigenvalue weighted by Crippen LogP contribution is 2.42. The van der Waals surface area contributed by atoms with Crippen LogP contribution in [0.15, 0.2) is 24.3 Å². The average molecular weight is 463 g/mol. The van der Waals surface area contributed by atoms with E-state index in [9.17, 15) is 14.4 Å². The zero-order valence-electron chi connectivity index (χ0n) is 18.6. The molecule has 0 aromatic heterocycles. The maximum atomic E-state index is 13.7. The van der Waals surface area contributed by atoms with Crippen LogP contribution in [-0.4, -0.2) is 65.7 Å². The van der Waals surface area contributed by atoms with Gasteiger partial charge < -0.3 is 14.4 Å². The predicted molar refractivity (Wildman–Crippen MR) is 119 cm³/mol. The van der Waals surface area contributed by atoms with Crippen molar-refractivity contribution in [2.75, 3.05) is 26.3 Å². The van der Waals surface area contributed by atoms with E-state index < -0.39 is 11.8 Å². The van der Waals surface area contributed by atoms with Gasteiger partial charge in [-0.25, -0.2) is 0 Å². The first-order chi connectivity index (χ1) is 15.4. The van der Waals surface area contributed by atoms with Gasteiger partial charge in [-0.2, -0.15) is 0 Å². The second kappa shape index (κ2) is 9.79. The van der Waals surface area contributed by atoms with Crippen LogP contribution in [0.1, 0.15) is 62.2 Å². The van der Waals surface area contributed by atoms with Crippen molar-refractivity contribution >= 4 is 29.4 Å². The maximum Gasteiger partial charge on any atom is 0.310 e. The van der Waals surface area contributed by atoms with E-state index in [4.69, 9.17) is 21.1 Å². The van der Waals surface area contributed by atoms with Crippen LogP contribution in [0.25, 0.3) is 0 Å². The van der Waals surface area contributed by atoms with E-state index in [2.05, 4.69) is 0 Å². The molecule has 2 amide bonds. The van der Waals surface area contributed by atoms with Gasteiger partial charge >= 0.3 is 5.97 Å². The zero-order valence-corrected chi connectivity index (χ0v) is 19.3. The Labute approximate surface area is 194 Å². The number of esters is 1. The van der Waals surface area contributed by atoms with Crippen molar-refractivity contribution in [2.24, 2.45) is 5.92 Å². The second-order valence-corrected chi connectivity index (χ2v) is 9.33. The SMILES string of the molecule is CCOC(=O)C1CCCN(C(=O)C2COC3(CCCCC3)N2C(=O)c2cccc(Cl)c2)C1. The van der Waals surface area contributed by atoms with Crippen LogP contribution in [-0.2, 0) is 19.1 Å². The summed E-state index contributed by atoms with van der Waals surface area (Å²) in [5.41, 5.74) is -0.303. The summed E-state index contributed by atoms with van der Waals surface area (Å²) >= 11 is 6.14. The quantitative estimate of drug-likeness (QED) is 0.638. The number of carbonyl (C=O) groups excluding carboxylic acids is 3. The minimum Gasteiger partial charge on any atom is -0.466 e. The molecule has 8 heteroatoms. The highest BCUT2D eigenvalue weighted by molar-refractivity contribution is 6.31. The molecule has 4 rings (SSSR count). The van der Waals surface area contributed by atoms with Gasteiger partial charge in [-0.05, 0) is 63.6 Å². The van der Waals surface area contributed by atoms with Crippen LogP contribution in [0.2, 0.25) is 5.02 Å². The highest BCUT2D eigenvalue weighted by atomic mass is 35.5. The van der Waals surface area contributed by atoms with E-state index >= 15 is 0 Å². The number of hydrogen-bond donors (Lipinski definition) is 0. The van der Waals surface area contributed by atoms with Crippen molar-refractivity contribution in [1.29, 1.82) is 0 Å². The largest absolute Gasteiger partial charge is 0.466 e. The van der Waals surface area contributed by atoms with Crippen molar-refractivity contribution in [3.63, 3.8) is 0 Å². The first kappa shape index (κ1) is 23.1. The summed E-state index contributed by atoms with van der Waals surface area (Å²) in [7, 11) is 0.